The summed E-state index contributed by atoms with van der Waals surface area (Å²) in [6.07, 6.45) is 4.97. The van der Waals surface area contributed by atoms with E-state index >= 15 is 0 Å². The molecule has 138 valence electrons. The maximum absolute atomic E-state index is 12.2. The third-order valence-corrected chi connectivity index (χ3v) is 5.12. The lowest BCUT2D eigenvalue weighted by atomic mass is 9.87. The number of carbonyl (C=O) groups is 1. The van der Waals surface area contributed by atoms with E-state index in [9.17, 15) is 4.79 Å². The number of ether oxygens (including phenoxy) is 1. The van der Waals surface area contributed by atoms with Gasteiger partial charge in [0.2, 0.25) is 0 Å². The molecule has 2 unspecified atom stereocenters. The first-order valence-corrected chi connectivity index (χ1v) is 8.96. The van der Waals surface area contributed by atoms with E-state index < -0.39 is 0 Å². The van der Waals surface area contributed by atoms with Gasteiger partial charge in [-0.25, -0.2) is 0 Å². The predicted octanol–water partition coefficient (Wildman–Crippen LogP) is 3.77. The largest absolute Gasteiger partial charge is 0.446 e. The third-order valence-electron chi connectivity index (χ3n) is 4.87. The fourth-order valence-corrected chi connectivity index (χ4v) is 3.70. The van der Waals surface area contributed by atoms with E-state index in [1.54, 1.807) is 24.3 Å². The molecule has 4 rings (SSSR count). The lowest BCUT2D eigenvalue weighted by molar-refractivity contribution is 0.000257. The van der Waals surface area contributed by atoms with Crippen LogP contribution >= 0.6 is 11.6 Å². The number of fused-ring (bicyclic) bond motifs is 2. The molecule has 3 heterocycles. The summed E-state index contributed by atoms with van der Waals surface area (Å²) in [6.45, 7) is 3.32. The zero-order valence-electron chi connectivity index (χ0n) is 14.5. The second-order valence-corrected chi connectivity index (χ2v) is 7.04. The summed E-state index contributed by atoms with van der Waals surface area (Å²) < 4.78 is 11.3. The molecule has 1 N–H and O–H groups in total. The summed E-state index contributed by atoms with van der Waals surface area (Å²) >= 11 is 5.84. The number of nitrogens with one attached hydrogen (secondary N) is 1. The molecule has 2 bridgehead atoms. The number of carbonyl (C=O) groups excluding carboxylic acids is 1. The molecule has 2 aromatic rings. The minimum atomic E-state index is -0.339. The van der Waals surface area contributed by atoms with Crippen LogP contribution in [0.25, 0.3) is 0 Å². The average molecular weight is 376 g/mol. The van der Waals surface area contributed by atoms with Gasteiger partial charge in [-0.3, -0.25) is 4.79 Å². The first-order valence-electron chi connectivity index (χ1n) is 8.59. The minimum absolute atomic E-state index is 0. The van der Waals surface area contributed by atoms with Gasteiger partial charge in [0.1, 0.15) is 12.4 Å². The number of aromatic nitrogens is 1. The van der Waals surface area contributed by atoms with Crippen LogP contribution in [0.5, 0.6) is 6.08 Å². The average Bonchev–Trinajstić information content (AvgIpc) is 3.09. The van der Waals surface area contributed by atoms with Crippen LogP contribution in [-0.4, -0.2) is 41.5 Å². The molecule has 0 saturated carbocycles. The smallest absolute Gasteiger partial charge is 0.394 e. The van der Waals surface area contributed by atoms with Crippen molar-refractivity contribution in [3.63, 3.8) is 0 Å². The van der Waals surface area contributed by atoms with E-state index in [0.29, 0.717) is 16.6 Å². The first-order chi connectivity index (χ1) is 12.2. The molecule has 2 fully saturated rings. The quantitative estimate of drug-likeness (QED) is 0.881. The van der Waals surface area contributed by atoms with Crippen molar-refractivity contribution in [3.8, 4) is 6.08 Å². The number of rotatable bonds is 4. The zero-order valence-corrected chi connectivity index (χ0v) is 15.2. The SMILES string of the molecule is O=C(Nc1ccc(Cl)cc1)c1coc(O[C@H]2CCN3CCCC2C3)n1.[CH2]. The fourth-order valence-electron chi connectivity index (χ4n) is 3.57. The third kappa shape index (κ3) is 4.19. The lowest BCUT2D eigenvalue weighted by Gasteiger charge is -2.41. The molecule has 1 amide bonds. The van der Waals surface area contributed by atoms with Crippen molar-refractivity contribution in [1.82, 2.24) is 9.88 Å². The molecule has 2 aliphatic heterocycles. The summed E-state index contributed by atoms with van der Waals surface area (Å²) in [6, 6.07) is 6.89. The summed E-state index contributed by atoms with van der Waals surface area (Å²) in [5.74, 6) is 0.175. The molecule has 1 aromatic heterocycles. The normalized spacial score (nSPS) is 24.4. The maximum Gasteiger partial charge on any atom is 0.394 e. The Labute approximate surface area is 158 Å². The highest BCUT2D eigenvalue weighted by Crippen LogP contribution is 2.29. The Morgan fingerprint density at radius 2 is 2.08 bits per heavy atom. The highest BCUT2D eigenvalue weighted by molar-refractivity contribution is 6.30. The molecule has 0 spiro atoms. The Kier molecular flexibility index (Phi) is 5.84. The number of nitrogens with zero attached hydrogens (tertiary/aromatic N) is 2. The second-order valence-electron chi connectivity index (χ2n) is 6.61. The Bertz CT molecular complexity index is 747. The van der Waals surface area contributed by atoms with E-state index in [0.717, 1.165) is 19.5 Å². The molecule has 6 nitrogen and oxygen atoms in total. The molecule has 2 aliphatic rings. The van der Waals surface area contributed by atoms with Crippen molar-refractivity contribution >= 4 is 23.2 Å². The topological polar surface area (TPSA) is 67.6 Å². The Morgan fingerprint density at radius 1 is 1.27 bits per heavy atom. The predicted molar refractivity (Wildman–Crippen MR) is 99.5 cm³/mol. The number of hydrogen-bond acceptors (Lipinski definition) is 5. The standard InChI is InChI=1S/C18H20ClN3O3.CH2/c19-13-3-5-14(6-4-13)20-17(23)15-11-24-18(21-15)25-16-7-9-22-8-1-2-12(16)10-22;/h3-6,11-12,16H,1-2,7-10H2,(H,20,23);1H2/t12?,16-;/m0./s1. The molecule has 7 heteroatoms. The van der Waals surface area contributed by atoms with Crippen LogP contribution in [0.3, 0.4) is 0 Å². The van der Waals surface area contributed by atoms with Crippen LogP contribution in [0.2, 0.25) is 5.02 Å². The number of oxazole rings is 1. The molecular weight excluding hydrogens is 354 g/mol. The van der Waals surface area contributed by atoms with E-state index in [-0.39, 0.29) is 31.2 Å². The van der Waals surface area contributed by atoms with E-state index in [2.05, 4.69) is 15.2 Å². The molecular formula is C19H22ClN3O3. The second kappa shape index (κ2) is 8.10. The molecule has 2 radical (unpaired) electrons. The molecule has 1 aromatic carbocycles. The van der Waals surface area contributed by atoms with Gasteiger partial charge in [-0.2, -0.15) is 4.98 Å². The Hall–Kier alpha value is -2.05. The monoisotopic (exact) mass is 375 g/mol. The highest BCUT2D eigenvalue weighted by atomic mass is 35.5. The van der Waals surface area contributed by atoms with Crippen LogP contribution in [0, 0.1) is 13.3 Å². The van der Waals surface area contributed by atoms with Crippen LogP contribution in [0.4, 0.5) is 5.69 Å². The maximum atomic E-state index is 12.2. The van der Waals surface area contributed by atoms with Gasteiger partial charge in [-0.05, 0) is 50.1 Å². The number of benzene rings is 1. The molecule has 26 heavy (non-hydrogen) atoms. The van der Waals surface area contributed by atoms with Gasteiger partial charge in [0, 0.05) is 29.7 Å². The van der Waals surface area contributed by atoms with Crippen molar-refractivity contribution in [2.24, 2.45) is 5.92 Å². The van der Waals surface area contributed by atoms with Crippen molar-refractivity contribution in [1.29, 1.82) is 0 Å². The van der Waals surface area contributed by atoms with Gasteiger partial charge >= 0.3 is 6.08 Å². The van der Waals surface area contributed by atoms with Crippen molar-refractivity contribution < 1.29 is 13.9 Å². The molecule has 2 saturated heterocycles. The van der Waals surface area contributed by atoms with E-state index in [1.807, 2.05) is 0 Å². The van der Waals surface area contributed by atoms with Crippen molar-refractivity contribution in [2.45, 2.75) is 25.4 Å². The molecule has 0 aliphatic carbocycles. The van der Waals surface area contributed by atoms with Gasteiger partial charge in [0.25, 0.3) is 5.91 Å². The van der Waals surface area contributed by atoms with Gasteiger partial charge in [-0.1, -0.05) is 19.0 Å². The first kappa shape index (κ1) is 18.7. The van der Waals surface area contributed by atoms with E-state index in [4.69, 9.17) is 20.8 Å². The van der Waals surface area contributed by atoms with Crippen molar-refractivity contribution in [3.05, 3.63) is 48.7 Å². The lowest BCUT2D eigenvalue weighted by Crippen LogP contribution is -2.48. The Balaban J connectivity index is 0.00000196. The van der Waals surface area contributed by atoms with E-state index in [1.165, 1.54) is 25.6 Å². The van der Waals surface area contributed by atoms with Gasteiger partial charge in [-0.15, -0.1) is 0 Å². The number of piperidine rings is 2. The highest BCUT2D eigenvalue weighted by Gasteiger charge is 2.34. The summed E-state index contributed by atoms with van der Waals surface area (Å²) in [5, 5.41) is 3.37. The van der Waals surface area contributed by atoms with Gasteiger partial charge in [0.15, 0.2) is 5.69 Å². The summed E-state index contributed by atoms with van der Waals surface area (Å²) in [4.78, 5) is 18.9. The van der Waals surface area contributed by atoms with Crippen LogP contribution < -0.4 is 10.1 Å². The summed E-state index contributed by atoms with van der Waals surface area (Å²) in [7, 11) is 0. The van der Waals surface area contributed by atoms with Crippen molar-refractivity contribution in [2.75, 3.05) is 25.0 Å². The number of amides is 1. The minimum Gasteiger partial charge on any atom is -0.446 e. The summed E-state index contributed by atoms with van der Waals surface area (Å²) in [5.41, 5.74) is 0.848. The number of hydrogen-bond donors (Lipinski definition) is 1. The molecule has 3 atom stereocenters. The Morgan fingerprint density at radius 3 is 2.88 bits per heavy atom. The zero-order chi connectivity index (χ0) is 17.2. The number of halogens is 1. The van der Waals surface area contributed by atoms with Gasteiger partial charge < -0.3 is 19.4 Å². The number of anilines is 1. The van der Waals surface area contributed by atoms with Gasteiger partial charge in [0.05, 0.1) is 0 Å². The van der Waals surface area contributed by atoms with Crippen LogP contribution in [-0.2, 0) is 0 Å². The van der Waals surface area contributed by atoms with Crippen LogP contribution in [0.1, 0.15) is 29.8 Å². The van der Waals surface area contributed by atoms with Crippen LogP contribution in [0.15, 0.2) is 34.9 Å². The fraction of sp³-hybridized carbons (Fsp3) is 0.421.